The molecule has 0 amide bonds. The van der Waals surface area contributed by atoms with Gasteiger partial charge in [-0.1, -0.05) is 24.3 Å². The zero-order valence-corrected chi connectivity index (χ0v) is 11.6. The molecule has 0 aromatic heterocycles. The molecule has 7 heteroatoms. The van der Waals surface area contributed by atoms with Gasteiger partial charge < -0.3 is 0 Å². The van der Waals surface area contributed by atoms with E-state index in [0.29, 0.717) is 19.0 Å². The molecule has 0 heterocycles. The smallest absolute Gasteiger partial charge is 0.300 e. The lowest BCUT2D eigenvalue weighted by Crippen LogP contribution is -2.23. The number of nitrogens with zero attached hydrogens (tertiary/aromatic N) is 1. The van der Waals surface area contributed by atoms with Crippen molar-refractivity contribution in [3.8, 4) is 0 Å². The molecular formula is C11H16ClNO4S. The molecule has 102 valence electrons. The molecule has 18 heavy (non-hydrogen) atoms. The van der Waals surface area contributed by atoms with Crippen molar-refractivity contribution >= 4 is 22.0 Å². The fraction of sp³-hybridized carbons (Fsp3) is 0.455. The monoisotopic (exact) mass is 293 g/mol. The first kappa shape index (κ1) is 15.4. The summed E-state index contributed by atoms with van der Waals surface area (Å²) >= 11 is 5.69. The van der Waals surface area contributed by atoms with Crippen LogP contribution in [-0.4, -0.2) is 38.1 Å². The van der Waals surface area contributed by atoms with Crippen LogP contribution in [0.5, 0.6) is 0 Å². The van der Waals surface area contributed by atoms with Gasteiger partial charge in [-0.3, -0.25) is 9.45 Å². The Balaban J connectivity index is 2.37. The summed E-state index contributed by atoms with van der Waals surface area (Å²) in [7, 11) is -2.51. The van der Waals surface area contributed by atoms with Gasteiger partial charge in [-0.25, -0.2) is 4.18 Å². The van der Waals surface area contributed by atoms with Crippen LogP contribution in [0.25, 0.3) is 0 Å². The number of likely N-dealkylation sites (N-methyl/N-ethyl adjacent to an activating group) is 1. The van der Waals surface area contributed by atoms with E-state index in [-0.39, 0.29) is 6.61 Å². The first-order valence-corrected chi connectivity index (χ1v) is 7.25. The van der Waals surface area contributed by atoms with Crippen molar-refractivity contribution in [2.24, 2.45) is 0 Å². The van der Waals surface area contributed by atoms with Crippen molar-refractivity contribution < 1.29 is 17.2 Å². The minimum atomic E-state index is -4.34. The summed E-state index contributed by atoms with van der Waals surface area (Å²) in [6.07, 6.45) is 0. The highest BCUT2D eigenvalue weighted by Crippen LogP contribution is 2.08. The van der Waals surface area contributed by atoms with Crippen LogP contribution in [0.4, 0.5) is 0 Å². The molecule has 5 nitrogen and oxygen atoms in total. The molecule has 0 saturated carbocycles. The predicted octanol–water partition coefficient (Wildman–Crippen LogP) is 1.68. The van der Waals surface area contributed by atoms with E-state index in [1.165, 1.54) is 0 Å². The Morgan fingerprint density at radius 3 is 2.33 bits per heavy atom. The van der Waals surface area contributed by atoms with Crippen molar-refractivity contribution in [1.82, 2.24) is 4.90 Å². The third kappa shape index (κ3) is 6.32. The van der Waals surface area contributed by atoms with Crippen LogP contribution in [0.1, 0.15) is 11.1 Å². The average Bonchev–Trinajstić information content (AvgIpc) is 2.28. The third-order valence-corrected chi connectivity index (χ3v) is 3.11. The van der Waals surface area contributed by atoms with Crippen molar-refractivity contribution in [2.75, 3.05) is 20.2 Å². The summed E-state index contributed by atoms with van der Waals surface area (Å²) < 4.78 is 33.3. The summed E-state index contributed by atoms with van der Waals surface area (Å²) in [5, 5.41) is 0. The van der Waals surface area contributed by atoms with Gasteiger partial charge in [0, 0.05) is 19.0 Å². The van der Waals surface area contributed by atoms with E-state index in [0.717, 1.165) is 11.1 Å². The van der Waals surface area contributed by atoms with E-state index >= 15 is 0 Å². The molecule has 0 aliphatic heterocycles. The van der Waals surface area contributed by atoms with Crippen molar-refractivity contribution in [3.63, 3.8) is 0 Å². The first-order chi connectivity index (χ1) is 8.40. The number of benzene rings is 1. The van der Waals surface area contributed by atoms with E-state index in [1.807, 2.05) is 36.2 Å². The fourth-order valence-corrected chi connectivity index (χ4v) is 1.89. The van der Waals surface area contributed by atoms with Crippen molar-refractivity contribution in [2.45, 2.75) is 12.4 Å². The van der Waals surface area contributed by atoms with Crippen molar-refractivity contribution in [1.29, 1.82) is 0 Å². The number of alkyl halides is 1. The molecule has 0 spiro atoms. The van der Waals surface area contributed by atoms with Gasteiger partial charge >= 0.3 is 10.4 Å². The van der Waals surface area contributed by atoms with Crippen LogP contribution in [0.3, 0.4) is 0 Å². The molecule has 1 N–H and O–H groups in total. The SMILES string of the molecule is CN(CCOS(=O)(=O)O)Cc1ccc(CCl)cc1. The molecule has 1 rings (SSSR count). The minimum Gasteiger partial charge on any atom is -0.300 e. The Bertz CT molecular complexity index is 460. The summed E-state index contributed by atoms with van der Waals surface area (Å²) in [4.78, 5) is 1.89. The normalized spacial score (nSPS) is 12.0. The van der Waals surface area contributed by atoms with Crippen LogP contribution in [-0.2, 0) is 27.0 Å². The maximum atomic E-state index is 10.3. The lowest BCUT2D eigenvalue weighted by atomic mass is 10.1. The highest BCUT2D eigenvalue weighted by atomic mass is 35.5. The van der Waals surface area contributed by atoms with Gasteiger partial charge in [0.05, 0.1) is 6.61 Å². The standard InChI is InChI=1S/C11H16ClNO4S/c1-13(6-7-17-18(14,15)16)9-11-4-2-10(8-12)3-5-11/h2-5H,6-9H2,1H3,(H,14,15,16). The highest BCUT2D eigenvalue weighted by molar-refractivity contribution is 7.80. The number of halogens is 1. The van der Waals surface area contributed by atoms with E-state index in [4.69, 9.17) is 16.2 Å². The highest BCUT2D eigenvalue weighted by Gasteiger charge is 2.06. The minimum absolute atomic E-state index is 0.0743. The summed E-state index contributed by atoms with van der Waals surface area (Å²) in [6.45, 7) is 0.990. The van der Waals surface area contributed by atoms with Gasteiger partial charge in [-0.2, -0.15) is 8.42 Å². The molecular weight excluding hydrogens is 278 g/mol. The van der Waals surface area contributed by atoms with Crippen LogP contribution in [0, 0.1) is 0 Å². The molecule has 0 bridgehead atoms. The van der Waals surface area contributed by atoms with Gasteiger partial charge in [-0.15, -0.1) is 11.6 Å². The van der Waals surface area contributed by atoms with E-state index in [2.05, 4.69) is 4.18 Å². The van der Waals surface area contributed by atoms with Gasteiger partial charge in [0.25, 0.3) is 0 Å². The topological polar surface area (TPSA) is 66.8 Å². The lowest BCUT2D eigenvalue weighted by Gasteiger charge is -2.16. The lowest BCUT2D eigenvalue weighted by molar-refractivity contribution is 0.215. The second kappa shape index (κ2) is 7.06. The Kier molecular flexibility index (Phi) is 6.04. The number of rotatable bonds is 7. The average molecular weight is 294 g/mol. The van der Waals surface area contributed by atoms with Crippen LogP contribution in [0.15, 0.2) is 24.3 Å². The van der Waals surface area contributed by atoms with Gasteiger partial charge in [0.2, 0.25) is 0 Å². The molecule has 0 saturated heterocycles. The Morgan fingerprint density at radius 1 is 1.28 bits per heavy atom. The number of hydrogen-bond acceptors (Lipinski definition) is 4. The summed E-state index contributed by atoms with van der Waals surface area (Å²) in [5.74, 6) is 0.484. The van der Waals surface area contributed by atoms with Gasteiger partial charge in [0.15, 0.2) is 0 Å². The maximum Gasteiger partial charge on any atom is 0.397 e. The molecule has 0 fully saturated rings. The Labute approximate surface area is 112 Å². The molecule has 0 aliphatic carbocycles. The molecule has 0 atom stereocenters. The molecule has 0 unspecified atom stereocenters. The second-order valence-corrected chi connectivity index (χ2v) is 5.30. The maximum absolute atomic E-state index is 10.3. The van der Waals surface area contributed by atoms with Crippen molar-refractivity contribution in [3.05, 3.63) is 35.4 Å². The first-order valence-electron chi connectivity index (χ1n) is 5.35. The summed E-state index contributed by atoms with van der Waals surface area (Å²) in [6, 6.07) is 7.84. The second-order valence-electron chi connectivity index (χ2n) is 3.94. The third-order valence-electron chi connectivity index (χ3n) is 2.34. The van der Waals surface area contributed by atoms with Gasteiger partial charge in [-0.05, 0) is 18.2 Å². The number of hydrogen-bond donors (Lipinski definition) is 1. The van der Waals surface area contributed by atoms with E-state index < -0.39 is 10.4 Å². The molecule has 0 radical (unpaired) electrons. The Hall–Kier alpha value is -0.660. The van der Waals surface area contributed by atoms with Gasteiger partial charge in [0.1, 0.15) is 0 Å². The zero-order chi connectivity index (χ0) is 13.6. The molecule has 1 aromatic carbocycles. The fourth-order valence-electron chi connectivity index (χ4n) is 1.42. The van der Waals surface area contributed by atoms with E-state index in [9.17, 15) is 8.42 Å². The quantitative estimate of drug-likeness (QED) is 0.612. The Morgan fingerprint density at radius 2 is 1.83 bits per heavy atom. The van der Waals surface area contributed by atoms with Crippen LogP contribution >= 0.6 is 11.6 Å². The van der Waals surface area contributed by atoms with E-state index in [1.54, 1.807) is 0 Å². The molecule has 1 aromatic rings. The summed E-state index contributed by atoms with van der Waals surface area (Å²) in [5.41, 5.74) is 2.15. The molecule has 0 aliphatic rings. The van der Waals surface area contributed by atoms with Crippen LogP contribution < -0.4 is 0 Å². The largest absolute Gasteiger partial charge is 0.397 e. The van der Waals surface area contributed by atoms with Crippen LogP contribution in [0.2, 0.25) is 0 Å². The predicted molar refractivity (Wildman–Crippen MR) is 69.8 cm³/mol. The zero-order valence-electron chi connectivity index (χ0n) is 10.0.